The summed E-state index contributed by atoms with van der Waals surface area (Å²) in [4.78, 5) is 11.2. The van der Waals surface area contributed by atoms with E-state index < -0.39 is 6.09 Å². The van der Waals surface area contributed by atoms with Crippen LogP contribution in [0, 0.1) is 0 Å². The van der Waals surface area contributed by atoms with Crippen molar-refractivity contribution in [3.05, 3.63) is 24.3 Å². The number of alkyl carbamates (subject to hydrolysis) is 1. The smallest absolute Gasteiger partial charge is 0.413 e. The summed E-state index contributed by atoms with van der Waals surface area (Å²) in [5.74, 6) is 0. The highest BCUT2D eigenvalue weighted by Crippen LogP contribution is 2.19. The van der Waals surface area contributed by atoms with Gasteiger partial charge in [-0.3, -0.25) is 5.32 Å². The summed E-state index contributed by atoms with van der Waals surface area (Å²) < 4.78 is 4.71. The Balaban J connectivity index is 2.63. The van der Waals surface area contributed by atoms with Crippen LogP contribution < -0.4 is 16.0 Å². The van der Waals surface area contributed by atoms with E-state index in [0.717, 1.165) is 5.69 Å². The van der Waals surface area contributed by atoms with Crippen LogP contribution in [0.1, 0.15) is 6.92 Å². The molecule has 0 atom stereocenters. The van der Waals surface area contributed by atoms with Crippen LogP contribution in [0.15, 0.2) is 24.3 Å². The minimum absolute atomic E-state index is 0.159. The van der Waals surface area contributed by atoms with E-state index in [2.05, 4.69) is 16.0 Å². The van der Waals surface area contributed by atoms with Gasteiger partial charge in [-0.25, -0.2) is 4.79 Å². The Hall–Kier alpha value is -1.73. The molecule has 0 saturated heterocycles. The first-order valence-electron chi connectivity index (χ1n) is 5.21. The van der Waals surface area contributed by atoms with E-state index in [1.54, 1.807) is 13.0 Å². The third-order valence-electron chi connectivity index (χ3n) is 1.88. The molecule has 0 spiro atoms. The van der Waals surface area contributed by atoms with Gasteiger partial charge in [-0.1, -0.05) is 24.4 Å². The average Bonchev–Trinajstić information content (AvgIpc) is 2.32. The van der Waals surface area contributed by atoms with Gasteiger partial charge in [-0.15, -0.1) is 0 Å². The predicted octanol–water partition coefficient (Wildman–Crippen LogP) is 2.50. The summed E-state index contributed by atoms with van der Waals surface area (Å²) in [5, 5.41) is 8.31. The number of amides is 1. The number of nitrogens with one attached hydrogen (secondary N) is 3. The molecule has 3 N–H and O–H groups in total. The first-order chi connectivity index (χ1) is 8.67. The van der Waals surface area contributed by atoms with Crippen LogP contribution >= 0.6 is 24.4 Å². The number of rotatable bonds is 4. The SMILES string of the molecule is CCOC(=O)NC(=S)Nc1ccccc1NC=S. The van der Waals surface area contributed by atoms with Crippen molar-refractivity contribution in [2.45, 2.75) is 6.92 Å². The van der Waals surface area contributed by atoms with Crippen LogP contribution in [0.2, 0.25) is 0 Å². The van der Waals surface area contributed by atoms with Gasteiger partial charge < -0.3 is 15.4 Å². The Morgan fingerprint density at radius 1 is 1.39 bits per heavy atom. The maximum absolute atomic E-state index is 11.2. The zero-order chi connectivity index (χ0) is 13.4. The molecule has 5 nitrogen and oxygen atoms in total. The van der Waals surface area contributed by atoms with E-state index in [1.807, 2.05) is 18.2 Å². The molecular weight excluding hydrogens is 270 g/mol. The van der Waals surface area contributed by atoms with Crippen LogP contribution in [0.25, 0.3) is 0 Å². The Morgan fingerprint density at radius 3 is 2.67 bits per heavy atom. The van der Waals surface area contributed by atoms with Crippen LogP contribution in [0.4, 0.5) is 16.2 Å². The Kier molecular flexibility index (Phi) is 6.03. The number of para-hydroxylation sites is 2. The van der Waals surface area contributed by atoms with E-state index >= 15 is 0 Å². The third-order valence-corrected chi connectivity index (χ3v) is 2.20. The monoisotopic (exact) mass is 283 g/mol. The molecule has 1 rings (SSSR count). The van der Waals surface area contributed by atoms with Gasteiger partial charge in [0.15, 0.2) is 5.11 Å². The van der Waals surface area contributed by atoms with Crippen LogP contribution in [-0.4, -0.2) is 23.3 Å². The van der Waals surface area contributed by atoms with Crippen LogP contribution in [0.5, 0.6) is 0 Å². The molecule has 0 radical (unpaired) electrons. The van der Waals surface area contributed by atoms with Gasteiger partial charge in [0.25, 0.3) is 0 Å². The van der Waals surface area contributed by atoms with Crippen molar-refractivity contribution in [3.8, 4) is 0 Å². The Morgan fingerprint density at radius 2 is 2.06 bits per heavy atom. The molecule has 0 unspecified atom stereocenters. The van der Waals surface area contributed by atoms with Crippen molar-refractivity contribution in [2.75, 3.05) is 17.2 Å². The molecule has 0 saturated carbocycles. The standard InChI is InChI=1S/C11H13N3O2S2/c1-2-16-11(15)14-10(18)13-9-6-4-3-5-8(9)12-7-17/h3-7H,2H2,1H3,(H,12,17)(H2,13,14,15,18). The lowest BCUT2D eigenvalue weighted by Crippen LogP contribution is -2.34. The fourth-order valence-corrected chi connectivity index (χ4v) is 1.52. The van der Waals surface area contributed by atoms with E-state index in [9.17, 15) is 4.79 Å². The lowest BCUT2D eigenvalue weighted by Gasteiger charge is -2.12. The number of benzene rings is 1. The maximum Gasteiger partial charge on any atom is 0.413 e. The number of hydrogen-bond donors (Lipinski definition) is 3. The largest absolute Gasteiger partial charge is 0.450 e. The fourth-order valence-electron chi connectivity index (χ4n) is 1.19. The zero-order valence-corrected chi connectivity index (χ0v) is 11.4. The molecule has 0 aliphatic carbocycles. The summed E-state index contributed by atoms with van der Waals surface area (Å²) in [6.45, 7) is 2.01. The van der Waals surface area contributed by atoms with Crippen molar-refractivity contribution in [2.24, 2.45) is 0 Å². The van der Waals surface area contributed by atoms with Gasteiger partial charge in [0.2, 0.25) is 0 Å². The molecule has 0 bridgehead atoms. The second-order valence-electron chi connectivity index (χ2n) is 3.11. The van der Waals surface area contributed by atoms with Gasteiger partial charge in [0.1, 0.15) is 0 Å². The second kappa shape index (κ2) is 7.57. The van der Waals surface area contributed by atoms with Gasteiger partial charge in [-0.2, -0.15) is 0 Å². The molecule has 1 aromatic carbocycles. The normalized spacial score (nSPS) is 9.17. The molecule has 0 aliphatic rings. The summed E-state index contributed by atoms with van der Waals surface area (Å²) >= 11 is 9.71. The first kappa shape index (κ1) is 14.3. The van der Waals surface area contributed by atoms with E-state index in [0.29, 0.717) is 5.69 Å². The average molecular weight is 283 g/mol. The van der Waals surface area contributed by atoms with Gasteiger partial charge >= 0.3 is 6.09 Å². The molecule has 1 aromatic rings. The molecule has 18 heavy (non-hydrogen) atoms. The summed E-state index contributed by atoms with van der Waals surface area (Å²) in [6.07, 6.45) is -0.588. The lowest BCUT2D eigenvalue weighted by molar-refractivity contribution is 0.158. The zero-order valence-electron chi connectivity index (χ0n) is 9.73. The number of ether oxygens (including phenoxy) is 1. The van der Waals surface area contributed by atoms with Crippen molar-refractivity contribution in [1.29, 1.82) is 0 Å². The van der Waals surface area contributed by atoms with Gasteiger partial charge in [-0.05, 0) is 31.3 Å². The third kappa shape index (κ3) is 4.64. The van der Waals surface area contributed by atoms with Gasteiger partial charge in [0, 0.05) is 0 Å². The number of hydrogen-bond acceptors (Lipinski definition) is 4. The number of carbonyl (C=O) groups excluding carboxylic acids is 1. The van der Waals surface area contributed by atoms with E-state index in [-0.39, 0.29) is 11.7 Å². The van der Waals surface area contributed by atoms with Crippen molar-refractivity contribution < 1.29 is 9.53 Å². The maximum atomic E-state index is 11.2. The summed E-state index contributed by atoms with van der Waals surface area (Å²) in [6, 6.07) is 7.33. The highest BCUT2D eigenvalue weighted by Gasteiger charge is 2.06. The van der Waals surface area contributed by atoms with Crippen molar-refractivity contribution in [1.82, 2.24) is 5.32 Å². The van der Waals surface area contributed by atoms with Gasteiger partial charge in [0.05, 0.1) is 23.5 Å². The van der Waals surface area contributed by atoms with Crippen molar-refractivity contribution in [3.63, 3.8) is 0 Å². The molecule has 0 fully saturated rings. The van der Waals surface area contributed by atoms with Crippen molar-refractivity contribution >= 4 is 52.5 Å². The second-order valence-corrected chi connectivity index (χ2v) is 3.75. The molecule has 0 aromatic heterocycles. The minimum Gasteiger partial charge on any atom is -0.450 e. The van der Waals surface area contributed by atoms with E-state index in [4.69, 9.17) is 29.2 Å². The highest BCUT2D eigenvalue weighted by molar-refractivity contribution is 7.80. The lowest BCUT2D eigenvalue weighted by atomic mass is 10.2. The first-order valence-corrected chi connectivity index (χ1v) is 6.09. The quantitative estimate of drug-likeness (QED) is 0.738. The summed E-state index contributed by atoms with van der Waals surface area (Å²) in [5.41, 5.74) is 2.86. The minimum atomic E-state index is -0.588. The van der Waals surface area contributed by atoms with E-state index in [1.165, 1.54) is 5.49 Å². The molecular formula is C11H13N3O2S2. The van der Waals surface area contributed by atoms with Crippen LogP contribution in [-0.2, 0) is 4.74 Å². The number of anilines is 2. The Labute approximate surface area is 116 Å². The molecule has 7 heteroatoms. The predicted molar refractivity (Wildman–Crippen MR) is 80.1 cm³/mol. The number of carbonyl (C=O) groups is 1. The molecule has 96 valence electrons. The Bertz CT molecular complexity index is 452. The highest BCUT2D eigenvalue weighted by atomic mass is 32.1. The fraction of sp³-hybridized carbons (Fsp3) is 0.182. The molecule has 0 heterocycles. The molecule has 0 aliphatic heterocycles. The topological polar surface area (TPSA) is 62.4 Å². The van der Waals surface area contributed by atoms with Crippen LogP contribution in [0.3, 0.4) is 0 Å². The molecule has 1 amide bonds. The summed E-state index contributed by atoms with van der Waals surface area (Å²) in [7, 11) is 0. The number of thiocarbonyl (C=S) groups is 2.